The molecule has 0 aliphatic heterocycles. The van der Waals surface area contributed by atoms with E-state index in [9.17, 15) is 15.3 Å². The van der Waals surface area contributed by atoms with Crippen molar-refractivity contribution in [3.05, 3.63) is 119 Å². The minimum absolute atomic E-state index is 0.127. The van der Waals surface area contributed by atoms with Gasteiger partial charge in [-0.25, -0.2) is 0 Å². The topological polar surface area (TPSA) is 69.9 Å². The minimum Gasteiger partial charge on any atom is -0.508 e. The van der Waals surface area contributed by atoms with Crippen LogP contribution in [0.5, 0.6) is 5.75 Å². The van der Waals surface area contributed by atoms with Crippen LogP contribution in [0.15, 0.2) is 108 Å². The van der Waals surface area contributed by atoms with Crippen molar-refractivity contribution < 1.29 is 19.7 Å². The molecular weight excluding hydrogens is 560 g/mol. The van der Waals surface area contributed by atoms with E-state index in [1.807, 2.05) is 18.2 Å². The Balaban J connectivity index is 1.84. The van der Waals surface area contributed by atoms with Crippen LogP contribution in [0.2, 0.25) is 10.1 Å². The van der Waals surface area contributed by atoms with Crippen LogP contribution in [0.25, 0.3) is 6.08 Å². The summed E-state index contributed by atoms with van der Waals surface area (Å²) in [4.78, 5) is 0. The molecule has 0 radical (unpaired) electrons. The molecule has 6 heteroatoms. The highest BCUT2D eigenvalue weighted by atomic mass is 35.5. The molecule has 0 bridgehead atoms. The Labute approximate surface area is 257 Å². The monoisotopic (exact) mass is 604 g/mol. The predicted octanol–water partition coefficient (Wildman–Crippen LogP) is 7.42. The first-order valence-corrected chi connectivity index (χ1v) is 16.9. The molecule has 0 saturated carbocycles. The van der Waals surface area contributed by atoms with E-state index >= 15 is 0 Å². The molecule has 0 aliphatic rings. The minimum atomic E-state index is -2.79. The highest BCUT2D eigenvalue weighted by Crippen LogP contribution is 2.37. The van der Waals surface area contributed by atoms with Crippen LogP contribution in [0.1, 0.15) is 58.9 Å². The van der Waals surface area contributed by atoms with Crippen LogP contribution < -0.4 is 10.4 Å². The van der Waals surface area contributed by atoms with Gasteiger partial charge in [0.2, 0.25) is 0 Å². The van der Waals surface area contributed by atoms with Crippen molar-refractivity contribution in [2.24, 2.45) is 0 Å². The Bertz CT molecular complexity index is 1320. The van der Waals surface area contributed by atoms with Crippen molar-refractivity contribution in [1.29, 1.82) is 0 Å². The van der Waals surface area contributed by atoms with Gasteiger partial charge in [0.25, 0.3) is 8.32 Å². The Morgan fingerprint density at radius 3 is 2.07 bits per heavy atom. The number of aromatic hydroxyl groups is 1. The zero-order chi connectivity index (χ0) is 30.8. The van der Waals surface area contributed by atoms with Crippen LogP contribution in [-0.4, -0.2) is 43.0 Å². The van der Waals surface area contributed by atoms with E-state index in [0.29, 0.717) is 29.0 Å². The third-order valence-corrected chi connectivity index (χ3v) is 12.9. The molecule has 42 heavy (non-hydrogen) atoms. The van der Waals surface area contributed by atoms with Gasteiger partial charge in [0, 0.05) is 0 Å². The molecule has 0 heterocycles. The summed E-state index contributed by atoms with van der Waals surface area (Å²) in [6.45, 7) is 13.1. The second-order valence-electron chi connectivity index (χ2n) is 11.7. The van der Waals surface area contributed by atoms with Crippen LogP contribution in [0.3, 0.4) is 0 Å². The summed E-state index contributed by atoms with van der Waals surface area (Å²) in [5, 5.41) is 33.5. The summed E-state index contributed by atoms with van der Waals surface area (Å²) in [7, 11) is -2.79. The maximum absolute atomic E-state index is 11.3. The molecule has 0 amide bonds. The Kier molecular flexibility index (Phi) is 12.4. The van der Waals surface area contributed by atoms with Gasteiger partial charge in [-0.1, -0.05) is 131 Å². The van der Waals surface area contributed by atoms with Crippen LogP contribution in [-0.2, 0) is 4.43 Å². The number of benzene rings is 3. The maximum atomic E-state index is 11.3. The number of rotatable bonds is 14. The van der Waals surface area contributed by atoms with E-state index in [4.69, 9.17) is 16.0 Å². The van der Waals surface area contributed by atoms with Gasteiger partial charge < -0.3 is 19.7 Å². The molecule has 224 valence electrons. The molecule has 3 rings (SSSR count). The van der Waals surface area contributed by atoms with E-state index in [-0.39, 0.29) is 24.0 Å². The fourth-order valence-electron chi connectivity index (χ4n) is 5.58. The van der Waals surface area contributed by atoms with Gasteiger partial charge >= 0.3 is 0 Å². The predicted molar refractivity (Wildman–Crippen MR) is 179 cm³/mol. The molecule has 3 aromatic rings. The van der Waals surface area contributed by atoms with Gasteiger partial charge in [-0.05, 0) is 69.6 Å². The standard InChI is InChI=1S/C36H45ClO4Si/c1-6-13-28(24-29-19-20-30(39)25-34(29)37)18-21-35(40)33(22-23-38)27(2)26-41-42(36(3,4)5,31-14-9-7-10-15-31)32-16-11-8-12-17-32/h7-12,14-17,19-20,22,24-25,35,38-40H,2,6,13,18,21,23,26H2,1,3-5H3/b28-24+,33-22-. The molecule has 3 N–H and O–H groups in total. The van der Waals surface area contributed by atoms with Crippen LogP contribution >= 0.6 is 11.6 Å². The van der Waals surface area contributed by atoms with Crippen LogP contribution in [0.4, 0.5) is 0 Å². The summed E-state index contributed by atoms with van der Waals surface area (Å²) in [5.41, 5.74) is 3.25. The van der Waals surface area contributed by atoms with Crippen molar-refractivity contribution in [2.75, 3.05) is 13.2 Å². The van der Waals surface area contributed by atoms with Gasteiger partial charge in [-0.3, -0.25) is 0 Å². The maximum Gasteiger partial charge on any atom is 0.261 e. The number of phenolic OH excluding ortho intramolecular Hbond substituents is 1. The normalized spacial score (nSPS) is 13.7. The second kappa shape index (κ2) is 15.5. The number of aliphatic hydroxyl groups is 2. The molecule has 0 aliphatic carbocycles. The third kappa shape index (κ3) is 8.33. The van der Waals surface area contributed by atoms with Gasteiger partial charge in [0.05, 0.1) is 24.3 Å². The molecule has 0 aromatic heterocycles. The van der Waals surface area contributed by atoms with E-state index < -0.39 is 14.4 Å². The zero-order valence-corrected chi connectivity index (χ0v) is 27.1. The van der Waals surface area contributed by atoms with Crippen LogP contribution in [0, 0.1) is 0 Å². The number of halogens is 1. The number of phenols is 1. The molecule has 0 fully saturated rings. The highest BCUT2D eigenvalue weighted by Gasteiger charge is 2.50. The summed E-state index contributed by atoms with van der Waals surface area (Å²) >= 11 is 6.35. The molecule has 1 unspecified atom stereocenters. The Morgan fingerprint density at radius 1 is 0.976 bits per heavy atom. The lowest BCUT2D eigenvalue weighted by Gasteiger charge is -2.43. The first-order chi connectivity index (χ1) is 20.0. The smallest absolute Gasteiger partial charge is 0.261 e. The SMILES string of the molecule is C=C(CO[Si](c1ccccc1)(c1ccccc1)C(C)(C)C)/C(=C/CO)C(O)CC/C(=C/c1ccc(O)cc1Cl)CCC. The lowest BCUT2D eigenvalue weighted by molar-refractivity contribution is 0.197. The Hall–Kier alpha value is -2.93. The van der Waals surface area contributed by atoms with E-state index in [1.54, 1.807) is 18.2 Å². The Morgan fingerprint density at radius 2 is 1.57 bits per heavy atom. The van der Waals surface area contributed by atoms with E-state index in [2.05, 4.69) is 82.8 Å². The molecule has 1 atom stereocenters. The molecule has 3 aromatic carbocycles. The first-order valence-electron chi connectivity index (χ1n) is 14.6. The lowest BCUT2D eigenvalue weighted by atomic mass is 9.94. The van der Waals surface area contributed by atoms with Crippen molar-refractivity contribution in [2.45, 2.75) is 64.5 Å². The van der Waals surface area contributed by atoms with Crippen molar-refractivity contribution in [3.8, 4) is 5.75 Å². The number of allylic oxidation sites excluding steroid dienone is 1. The quantitative estimate of drug-likeness (QED) is 0.132. The molecule has 0 spiro atoms. The van der Waals surface area contributed by atoms with Gasteiger partial charge in [0.15, 0.2) is 0 Å². The molecule has 4 nitrogen and oxygen atoms in total. The summed E-state index contributed by atoms with van der Waals surface area (Å²) in [6, 6.07) is 25.8. The van der Waals surface area contributed by atoms with Crippen molar-refractivity contribution in [1.82, 2.24) is 0 Å². The molecule has 0 saturated heterocycles. The van der Waals surface area contributed by atoms with Gasteiger partial charge in [-0.15, -0.1) is 0 Å². The average Bonchev–Trinajstić information content (AvgIpc) is 2.96. The number of hydrogen-bond acceptors (Lipinski definition) is 4. The largest absolute Gasteiger partial charge is 0.508 e. The summed E-state index contributed by atoms with van der Waals surface area (Å²) < 4.78 is 7.03. The third-order valence-electron chi connectivity index (χ3n) is 7.61. The second-order valence-corrected chi connectivity index (χ2v) is 16.4. The fourth-order valence-corrected chi connectivity index (χ4v) is 10.4. The first kappa shape index (κ1) is 33.6. The van der Waals surface area contributed by atoms with Crippen molar-refractivity contribution in [3.63, 3.8) is 0 Å². The number of hydrogen-bond donors (Lipinski definition) is 3. The number of aliphatic hydroxyl groups excluding tert-OH is 2. The lowest BCUT2D eigenvalue weighted by Crippen LogP contribution is -2.66. The van der Waals surface area contributed by atoms with Gasteiger partial charge in [0.1, 0.15) is 5.75 Å². The average molecular weight is 605 g/mol. The van der Waals surface area contributed by atoms with Crippen molar-refractivity contribution >= 4 is 36.4 Å². The highest BCUT2D eigenvalue weighted by molar-refractivity contribution is 6.99. The summed E-state index contributed by atoms with van der Waals surface area (Å²) in [5.74, 6) is 0.127. The summed E-state index contributed by atoms with van der Waals surface area (Å²) in [6.07, 6.45) is 5.79. The fraction of sp³-hybridized carbons (Fsp3) is 0.333. The zero-order valence-electron chi connectivity index (χ0n) is 25.3. The molecular formula is C36H45ClO4Si. The van der Waals surface area contributed by atoms with E-state index in [1.165, 1.54) is 16.4 Å². The van der Waals surface area contributed by atoms with E-state index in [0.717, 1.165) is 24.0 Å². The van der Waals surface area contributed by atoms with Gasteiger partial charge in [-0.2, -0.15) is 0 Å².